The highest BCUT2D eigenvalue weighted by atomic mass is 32.1. The van der Waals surface area contributed by atoms with Crippen molar-refractivity contribution in [3.05, 3.63) is 144 Å². The normalized spacial score (nSPS) is 14.6. The first kappa shape index (κ1) is 29.6. The minimum atomic E-state index is -0.984. The molecule has 1 atom stereocenters. The predicted octanol–water partition coefficient (Wildman–Crippen LogP) is 4.99. The number of carbonyl (C=O) groups excluding carboxylic acids is 1. The molecule has 1 aliphatic rings. The van der Waals surface area contributed by atoms with Gasteiger partial charge in [-0.3, -0.25) is 14.2 Å². The second kappa shape index (κ2) is 11.9. The van der Waals surface area contributed by atoms with Gasteiger partial charge in [-0.1, -0.05) is 41.7 Å². The summed E-state index contributed by atoms with van der Waals surface area (Å²) in [5, 5.41) is 12.2. The van der Waals surface area contributed by atoms with Crippen molar-refractivity contribution < 1.29 is 19.4 Å². The molecule has 0 unspecified atom stereocenters. The highest BCUT2D eigenvalue weighted by molar-refractivity contribution is 7.07. The largest absolute Gasteiger partial charge is 0.497 e. The number of rotatable bonds is 7. The van der Waals surface area contributed by atoms with E-state index in [9.17, 15) is 19.5 Å². The minimum absolute atomic E-state index is 0.209. The van der Waals surface area contributed by atoms with Crippen LogP contribution in [0.3, 0.4) is 0 Å². The van der Waals surface area contributed by atoms with Crippen molar-refractivity contribution in [1.29, 1.82) is 0 Å². The Bertz CT molecular complexity index is 2160. The molecule has 6 rings (SSSR count). The molecule has 3 aromatic carbocycles. The fraction of sp³-hybridized carbons (Fsp3) is 0.143. The molecule has 0 fully saturated rings. The van der Waals surface area contributed by atoms with Gasteiger partial charge in [0.25, 0.3) is 11.5 Å². The van der Waals surface area contributed by atoms with Crippen LogP contribution in [0.5, 0.6) is 5.75 Å². The third-order valence-electron chi connectivity index (χ3n) is 7.86. The van der Waals surface area contributed by atoms with Gasteiger partial charge in [-0.2, -0.15) is 0 Å². The van der Waals surface area contributed by atoms with Gasteiger partial charge in [0.2, 0.25) is 0 Å². The minimum Gasteiger partial charge on any atom is -0.497 e. The summed E-state index contributed by atoms with van der Waals surface area (Å²) in [4.78, 5) is 44.5. The van der Waals surface area contributed by atoms with Crippen LogP contribution in [-0.2, 0) is 4.79 Å². The topological polar surface area (TPSA) is 115 Å². The number of amides is 1. The molecule has 5 aromatic rings. The summed E-state index contributed by atoms with van der Waals surface area (Å²) >= 11 is 1.27. The highest BCUT2D eigenvalue weighted by Gasteiger charge is 2.32. The maximum absolute atomic E-state index is 14.2. The van der Waals surface area contributed by atoms with Crippen molar-refractivity contribution in [2.45, 2.75) is 26.8 Å². The number of anilines is 1. The fourth-order valence-corrected chi connectivity index (χ4v) is 6.70. The number of carboxylic acids is 1. The molecule has 3 heterocycles. The van der Waals surface area contributed by atoms with E-state index in [-0.39, 0.29) is 17.0 Å². The lowest BCUT2D eigenvalue weighted by Gasteiger charge is -2.25. The first-order chi connectivity index (χ1) is 21.7. The van der Waals surface area contributed by atoms with E-state index in [2.05, 4.69) is 5.32 Å². The van der Waals surface area contributed by atoms with Crippen molar-refractivity contribution >= 4 is 35.0 Å². The number of ether oxygens (including phenoxy) is 1. The molecule has 0 spiro atoms. The molecule has 0 bridgehead atoms. The Morgan fingerprint density at radius 3 is 2.31 bits per heavy atom. The molecule has 0 saturated heterocycles. The number of aromatic carboxylic acids is 1. The van der Waals surface area contributed by atoms with Crippen LogP contribution in [0.2, 0.25) is 0 Å². The van der Waals surface area contributed by atoms with Gasteiger partial charge in [-0.05, 0) is 92.6 Å². The highest BCUT2D eigenvalue weighted by Crippen LogP contribution is 2.32. The molecular formula is C35H30N4O5S. The molecule has 2 N–H and O–H groups in total. The predicted molar refractivity (Wildman–Crippen MR) is 174 cm³/mol. The number of allylic oxidation sites excluding steroid dienone is 1. The number of carbonyl (C=O) groups is 2. The van der Waals surface area contributed by atoms with Gasteiger partial charge in [0, 0.05) is 22.8 Å². The zero-order valence-electron chi connectivity index (χ0n) is 25.1. The number of hydrogen-bond donors (Lipinski definition) is 2. The summed E-state index contributed by atoms with van der Waals surface area (Å²) in [5.41, 5.74) is 5.74. The fourth-order valence-electron chi connectivity index (χ4n) is 5.66. The maximum atomic E-state index is 14.2. The van der Waals surface area contributed by atoms with Gasteiger partial charge in [-0.15, -0.1) is 0 Å². The lowest BCUT2D eigenvalue weighted by atomic mass is 9.95. The second-order valence-electron chi connectivity index (χ2n) is 10.7. The first-order valence-electron chi connectivity index (χ1n) is 14.2. The Balaban J connectivity index is 1.47. The summed E-state index contributed by atoms with van der Waals surface area (Å²) in [6.45, 7) is 5.70. The van der Waals surface area contributed by atoms with Crippen LogP contribution in [0.4, 0.5) is 5.69 Å². The quantitative estimate of drug-likeness (QED) is 0.267. The number of nitrogens with one attached hydrogen (secondary N) is 1. The third-order valence-corrected chi connectivity index (χ3v) is 8.84. The van der Waals surface area contributed by atoms with E-state index >= 15 is 0 Å². The molecule has 10 heteroatoms. The third kappa shape index (κ3) is 5.51. The average Bonchev–Trinajstić information content (AvgIpc) is 3.49. The first-order valence-corrected chi connectivity index (χ1v) is 15.0. The average molecular weight is 619 g/mol. The number of carboxylic acid groups (broad SMARTS) is 1. The molecule has 226 valence electrons. The Morgan fingerprint density at radius 1 is 0.978 bits per heavy atom. The van der Waals surface area contributed by atoms with E-state index in [1.165, 1.54) is 11.3 Å². The number of benzene rings is 3. The van der Waals surface area contributed by atoms with Crippen LogP contribution in [0.15, 0.2) is 106 Å². The molecule has 0 aliphatic carbocycles. The van der Waals surface area contributed by atoms with E-state index in [0.29, 0.717) is 32.0 Å². The van der Waals surface area contributed by atoms with Crippen LogP contribution >= 0.6 is 11.3 Å². The lowest BCUT2D eigenvalue weighted by Crippen LogP contribution is -2.40. The van der Waals surface area contributed by atoms with Gasteiger partial charge in [-0.25, -0.2) is 9.79 Å². The SMILES string of the molecule is COc1ccc([C@@H]2C(C(=O)Nc3ccccc3)=C(C)N=c3s/c(=C/c4cc(C)n(-c5ccc(C(=O)O)cc5)c4C)c(=O)n32)cc1. The Kier molecular flexibility index (Phi) is 7.82. The van der Waals surface area contributed by atoms with Crippen molar-refractivity contribution in [1.82, 2.24) is 9.13 Å². The van der Waals surface area contributed by atoms with Crippen molar-refractivity contribution in [3.8, 4) is 11.4 Å². The van der Waals surface area contributed by atoms with E-state index in [0.717, 1.165) is 28.2 Å². The van der Waals surface area contributed by atoms with Gasteiger partial charge < -0.3 is 19.7 Å². The number of fused-ring (bicyclic) bond motifs is 1. The summed E-state index contributed by atoms with van der Waals surface area (Å²) in [6.07, 6.45) is 1.85. The Morgan fingerprint density at radius 2 is 1.67 bits per heavy atom. The van der Waals surface area contributed by atoms with Gasteiger partial charge in [0.15, 0.2) is 4.80 Å². The molecular weight excluding hydrogens is 588 g/mol. The van der Waals surface area contributed by atoms with Gasteiger partial charge in [0.05, 0.1) is 34.5 Å². The zero-order valence-corrected chi connectivity index (χ0v) is 25.9. The summed E-state index contributed by atoms with van der Waals surface area (Å²) in [5.74, 6) is -0.660. The van der Waals surface area contributed by atoms with Crippen LogP contribution < -0.4 is 24.9 Å². The molecule has 45 heavy (non-hydrogen) atoms. The molecule has 1 amide bonds. The maximum Gasteiger partial charge on any atom is 0.335 e. The van der Waals surface area contributed by atoms with E-state index < -0.39 is 12.0 Å². The van der Waals surface area contributed by atoms with Crippen molar-refractivity contribution in [2.75, 3.05) is 12.4 Å². The van der Waals surface area contributed by atoms with Gasteiger partial charge in [0.1, 0.15) is 5.75 Å². The molecule has 1 aliphatic heterocycles. The van der Waals surface area contributed by atoms with E-state index in [1.54, 1.807) is 42.9 Å². The molecule has 9 nitrogen and oxygen atoms in total. The van der Waals surface area contributed by atoms with Crippen LogP contribution in [0.1, 0.15) is 45.8 Å². The number of aromatic nitrogens is 2. The number of aryl methyl sites for hydroxylation is 1. The monoisotopic (exact) mass is 618 g/mol. The summed E-state index contributed by atoms with van der Waals surface area (Å²) in [6, 6.07) is 24.5. The number of nitrogens with zero attached hydrogens (tertiary/aromatic N) is 3. The number of hydrogen-bond acceptors (Lipinski definition) is 6. The summed E-state index contributed by atoms with van der Waals surface area (Å²) < 4.78 is 9.45. The molecule has 2 aromatic heterocycles. The second-order valence-corrected chi connectivity index (χ2v) is 11.7. The van der Waals surface area contributed by atoms with E-state index in [1.807, 2.05) is 85.2 Å². The van der Waals surface area contributed by atoms with Crippen LogP contribution in [0, 0.1) is 13.8 Å². The van der Waals surface area contributed by atoms with Crippen LogP contribution in [-0.4, -0.2) is 33.2 Å². The standard InChI is InChI=1S/C35H30N4O5S/c1-20-18-25(22(3)38(20)27-14-10-24(11-15-27)34(42)43)19-29-33(41)39-31(23-12-16-28(44-4)17-13-23)30(21(2)36-35(39)45-29)32(40)37-26-8-6-5-7-9-26/h5-19,31H,1-4H3,(H,37,40)(H,42,43)/b29-19+/t31-/m1/s1. The lowest BCUT2D eigenvalue weighted by molar-refractivity contribution is -0.113. The molecule has 0 radical (unpaired) electrons. The molecule has 0 saturated carbocycles. The number of para-hydroxylation sites is 1. The van der Waals surface area contributed by atoms with Gasteiger partial charge >= 0.3 is 5.97 Å². The van der Waals surface area contributed by atoms with E-state index in [4.69, 9.17) is 9.73 Å². The van der Waals surface area contributed by atoms with Crippen LogP contribution in [0.25, 0.3) is 11.8 Å². The number of thiazole rings is 1. The van der Waals surface area contributed by atoms with Crippen molar-refractivity contribution in [2.24, 2.45) is 4.99 Å². The smallest absolute Gasteiger partial charge is 0.335 e. The zero-order chi connectivity index (χ0) is 31.8. The Labute approximate surface area is 262 Å². The van der Waals surface area contributed by atoms with Crippen molar-refractivity contribution in [3.63, 3.8) is 0 Å². The Hall–Kier alpha value is -5.48. The summed E-state index contributed by atoms with van der Waals surface area (Å²) in [7, 11) is 1.59. The number of methoxy groups -OCH3 is 1.